The van der Waals surface area contributed by atoms with Crippen molar-refractivity contribution >= 4 is 86.0 Å². The van der Waals surface area contributed by atoms with Gasteiger partial charge in [0.2, 0.25) is 0 Å². The lowest BCUT2D eigenvalue weighted by Gasteiger charge is -2.50. The molecule has 0 radical (unpaired) electrons. The molecule has 0 spiro atoms. The average molecular weight is 761 g/mol. The molecule has 2 nitrogen and oxygen atoms in total. The molecule has 0 N–H and O–H groups in total. The Kier molecular flexibility index (Phi) is 7.71. The maximum Gasteiger partial charge on any atom is 0.252 e. The minimum absolute atomic E-state index is 0.110. The highest BCUT2D eigenvalue weighted by Crippen LogP contribution is 2.54. The van der Waals surface area contributed by atoms with E-state index in [9.17, 15) is 0 Å². The fourth-order valence-electron chi connectivity index (χ4n) is 10.7. The minimum atomic E-state index is -2.76. The smallest absolute Gasteiger partial charge is 0.252 e. The lowest BCUT2D eigenvalue weighted by Crippen LogP contribution is -2.74. The van der Waals surface area contributed by atoms with Crippen molar-refractivity contribution in [2.75, 3.05) is 9.80 Å². The van der Waals surface area contributed by atoms with Crippen LogP contribution >= 0.6 is 0 Å². The van der Waals surface area contributed by atoms with E-state index in [1.54, 1.807) is 0 Å². The molecule has 0 saturated carbocycles. The number of benzene rings is 8. The average Bonchev–Trinajstić information content (AvgIpc) is 3.25. The number of fused-ring (bicyclic) bond motifs is 6. The third-order valence-electron chi connectivity index (χ3n) is 13.3. The summed E-state index contributed by atoms with van der Waals surface area (Å²) >= 11 is 0. The first kappa shape index (κ1) is 34.9. The van der Waals surface area contributed by atoms with Gasteiger partial charge in [-0.15, -0.1) is 0 Å². The Balaban J connectivity index is 1.21. The van der Waals surface area contributed by atoms with Crippen LogP contribution in [0.4, 0.5) is 34.1 Å². The van der Waals surface area contributed by atoms with E-state index in [0.717, 1.165) is 0 Å². The molecule has 3 aliphatic heterocycles. The number of aryl methyl sites for hydroxylation is 3. The quantitative estimate of drug-likeness (QED) is 0.128. The number of anilines is 6. The van der Waals surface area contributed by atoms with E-state index in [0.29, 0.717) is 0 Å². The second-order valence-corrected chi connectivity index (χ2v) is 21.0. The zero-order valence-electron chi connectivity index (χ0n) is 33.8. The van der Waals surface area contributed by atoms with Gasteiger partial charge in [0.25, 0.3) is 6.71 Å². The van der Waals surface area contributed by atoms with Crippen LogP contribution in [0.3, 0.4) is 0 Å². The van der Waals surface area contributed by atoms with Crippen molar-refractivity contribution in [3.8, 4) is 0 Å². The van der Waals surface area contributed by atoms with Crippen LogP contribution in [0.2, 0.25) is 0 Å². The Hall–Kier alpha value is -6.36. The molecule has 4 heteroatoms. The summed E-state index contributed by atoms with van der Waals surface area (Å²) in [5.41, 5.74) is 18.0. The van der Waals surface area contributed by atoms with Crippen molar-refractivity contribution in [2.45, 2.75) is 40.0 Å². The summed E-state index contributed by atoms with van der Waals surface area (Å²) in [7, 11) is -2.76. The maximum atomic E-state index is 2.64. The van der Waals surface area contributed by atoms with E-state index >= 15 is 0 Å². The largest absolute Gasteiger partial charge is 0.311 e. The predicted octanol–water partition coefficient (Wildman–Crippen LogP) is 8.71. The van der Waals surface area contributed by atoms with E-state index in [2.05, 4.69) is 226 Å². The van der Waals surface area contributed by atoms with Crippen molar-refractivity contribution in [2.24, 2.45) is 0 Å². The van der Waals surface area contributed by atoms with E-state index in [4.69, 9.17) is 0 Å². The lowest BCUT2D eigenvalue weighted by molar-refractivity contribution is 0.633. The molecule has 0 aliphatic carbocycles. The van der Waals surface area contributed by atoms with Crippen LogP contribution in [0.1, 0.15) is 41.7 Å². The summed E-state index contributed by atoms with van der Waals surface area (Å²) in [5, 5.41) is 5.57. The fraction of sp³-hybridized carbons (Fsp3) is 0.111. The van der Waals surface area contributed by atoms with Gasteiger partial charge in [-0.25, -0.2) is 0 Å². The highest BCUT2D eigenvalue weighted by atomic mass is 28.3. The molecular formula is C54H45BN2Si. The topological polar surface area (TPSA) is 6.48 Å². The summed E-state index contributed by atoms with van der Waals surface area (Å²) in [6.45, 7) is 11.7. The van der Waals surface area contributed by atoms with Crippen LogP contribution in [0.25, 0.3) is 0 Å². The number of rotatable bonds is 5. The Bertz CT molecular complexity index is 2810. The first-order valence-electron chi connectivity index (χ1n) is 20.6. The molecule has 3 heterocycles. The van der Waals surface area contributed by atoms with Gasteiger partial charge in [0.15, 0.2) is 8.07 Å². The van der Waals surface area contributed by atoms with Crippen LogP contribution in [0.15, 0.2) is 182 Å². The van der Waals surface area contributed by atoms with Gasteiger partial charge < -0.3 is 9.80 Å². The molecule has 278 valence electrons. The third kappa shape index (κ3) is 4.85. The van der Waals surface area contributed by atoms with Crippen molar-refractivity contribution in [1.29, 1.82) is 0 Å². The highest BCUT2D eigenvalue weighted by molar-refractivity contribution is 7.20. The van der Waals surface area contributed by atoms with Crippen molar-refractivity contribution < 1.29 is 0 Å². The van der Waals surface area contributed by atoms with E-state index in [-0.39, 0.29) is 12.1 Å². The Morgan fingerprint density at radius 3 is 1.60 bits per heavy atom. The van der Waals surface area contributed by atoms with Crippen LogP contribution < -0.4 is 46.9 Å². The number of para-hydroxylation sites is 1. The maximum absolute atomic E-state index is 2.76. The van der Waals surface area contributed by atoms with Gasteiger partial charge in [0, 0.05) is 33.9 Å². The van der Waals surface area contributed by atoms with E-state index < -0.39 is 8.07 Å². The number of hydrogen-bond donors (Lipinski definition) is 0. The summed E-state index contributed by atoms with van der Waals surface area (Å²) < 4.78 is 0. The molecule has 0 unspecified atom stereocenters. The molecule has 8 aromatic carbocycles. The zero-order valence-corrected chi connectivity index (χ0v) is 34.8. The Morgan fingerprint density at radius 2 is 0.983 bits per heavy atom. The molecule has 0 atom stereocenters. The van der Waals surface area contributed by atoms with Crippen LogP contribution in [0, 0.1) is 20.8 Å². The molecule has 0 aromatic heterocycles. The summed E-state index contributed by atoms with van der Waals surface area (Å²) in [4.78, 5) is 5.16. The minimum Gasteiger partial charge on any atom is -0.311 e. The highest BCUT2D eigenvalue weighted by Gasteiger charge is 2.49. The van der Waals surface area contributed by atoms with Crippen molar-refractivity contribution in [1.82, 2.24) is 0 Å². The zero-order chi connectivity index (χ0) is 39.3. The van der Waals surface area contributed by atoms with Gasteiger partial charge >= 0.3 is 0 Å². The molecule has 8 aromatic rings. The molecule has 3 aliphatic rings. The molecule has 0 fully saturated rings. The normalized spacial score (nSPS) is 14.3. The van der Waals surface area contributed by atoms with Gasteiger partial charge in [0.1, 0.15) is 0 Å². The molecule has 11 rings (SSSR count). The van der Waals surface area contributed by atoms with Crippen LogP contribution in [-0.4, -0.2) is 14.8 Å². The SMILES string of the molecule is Cc1ccc(N2c3ccc(C)cc3B3c4cccc5c4N(c4ccc([Si](c6ccccc6)(c6ccccc6)c6ccccc6)cc4C5(C)C)c4cc(C)cc2c43)cc1. The second-order valence-electron chi connectivity index (χ2n) is 17.2. The van der Waals surface area contributed by atoms with Crippen LogP contribution in [0.5, 0.6) is 0 Å². The number of nitrogens with zero attached hydrogens (tertiary/aromatic N) is 2. The third-order valence-corrected chi connectivity index (χ3v) is 18.1. The Morgan fingerprint density at radius 1 is 0.414 bits per heavy atom. The lowest BCUT2D eigenvalue weighted by atomic mass is 9.33. The molecular weight excluding hydrogens is 716 g/mol. The van der Waals surface area contributed by atoms with Crippen molar-refractivity contribution in [3.05, 3.63) is 210 Å². The fourth-order valence-corrected chi connectivity index (χ4v) is 15.5. The predicted molar refractivity (Wildman–Crippen MR) is 250 cm³/mol. The molecule has 0 bridgehead atoms. The van der Waals surface area contributed by atoms with Gasteiger partial charge in [0.05, 0.1) is 5.69 Å². The van der Waals surface area contributed by atoms with E-state index in [1.807, 2.05) is 0 Å². The van der Waals surface area contributed by atoms with Gasteiger partial charge in [-0.3, -0.25) is 0 Å². The summed E-state index contributed by atoms with van der Waals surface area (Å²) in [5.74, 6) is 0. The standard InChI is InChI=1S/C54H45BN2Si/c1-36-24-27-39(28-25-36)56-49-30-26-37(2)32-47(49)55-46-23-15-22-44-53(46)57(51-34-38(3)33-50(56)52(51)55)48-31-29-43(35-45(48)54(44,4)5)58(40-16-9-6-10-17-40,41-18-11-7-12-19-41)42-20-13-8-14-21-42/h6-35H,1-5H3. The molecule has 58 heavy (non-hydrogen) atoms. The van der Waals surface area contributed by atoms with Gasteiger partial charge in [-0.2, -0.15) is 0 Å². The Labute approximate surface area is 344 Å². The van der Waals surface area contributed by atoms with Gasteiger partial charge in [-0.05, 0) is 111 Å². The first-order valence-corrected chi connectivity index (χ1v) is 22.6. The van der Waals surface area contributed by atoms with Crippen LogP contribution in [-0.2, 0) is 5.41 Å². The summed E-state index contributed by atoms with van der Waals surface area (Å²) in [6.07, 6.45) is 0. The summed E-state index contributed by atoms with van der Waals surface area (Å²) in [6, 6.07) is 69.6. The monoisotopic (exact) mass is 760 g/mol. The van der Waals surface area contributed by atoms with Gasteiger partial charge in [-0.1, -0.05) is 171 Å². The first-order chi connectivity index (χ1) is 28.3. The molecule has 0 saturated heterocycles. The second kappa shape index (κ2) is 12.8. The number of hydrogen-bond acceptors (Lipinski definition) is 2. The van der Waals surface area contributed by atoms with E-state index in [1.165, 1.54) is 99.1 Å². The van der Waals surface area contributed by atoms with Crippen molar-refractivity contribution in [3.63, 3.8) is 0 Å². The molecule has 0 amide bonds.